The maximum Gasteiger partial charge on any atom is 0.320 e. The van der Waals surface area contributed by atoms with E-state index in [4.69, 9.17) is 4.74 Å². The molecule has 2 aliphatic rings. The van der Waals surface area contributed by atoms with Crippen LogP contribution in [0.4, 0.5) is 13.2 Å². The van der Waals surface area contributed by atoms with Gasteiger partial charge < -0.3 is 19.6 Å². The molecule has 46 heavy (non-hydrogen) atoms. The molecule has 3 unspecified atom stereocenters. The molecule has 2 aliphatic heterocycles. The minimum Gasteiger partial charge on any atom is -0.488 e. The van der Waals surface area contributed by atoms with E-state index in [2.05, 4.69) is 38.7 Å². The second-order valence-corrected chi connectivity index (χ2v) is 12.4. The summed E-state index contributed by atoms with van der Waals surface area (Å²) >= 11 is 0. The monoisotopic (exact) mass is 638 g/mol. The third kappa shape index (κ3) is 5.98. The number of likely N-dealkylation sites (tertiary alicyclic amines) is 2. The number of carbonyl (C=O) groups is 1. The average Bonchev–Trinajstić information content (AvgIpc) is 3.65. The van der Waals surface area contributed by atoms with Crippen LogP contribution in [-0.2, 0) is 10.4 Å². The Bertz CT molecular complexity index is 1730. The number of alkyl halides is 2. The predicted molar refractivity (Wildman–Crippen MR) is 164 cm³/mol. The lowest BCUT2D eigenvalue weighted by molar-refractivity contribution is -0.138. The van der Waals surface area contributed by atoms with Gasteiger partial charge in [-0.25, -0.2) is 14.1 Å². The number of amides is 1. The van der Waals surface area contributed by atoms with Gasteiger partial charge in [0, 0.05) is 43.7 Å². The molecule has 1 N–H and O–H groups in total. The maximum absolute atomic E-state index is 13.9. The molecule has 0 saturated carbocycles. The highest BCUT2D eigenvalue weighted by Gasteiger charge is 2.39. The van der Waals surface area contributed by atoms with Crippen molar-refractivity contribution in [2.24, 2.45) is 5.92 Å². The van der Waals surface area contributed by atoms with Crippen LogP contribution in [0.1, 0.15) is 50.7 Å². The molecule has 1 aromatic carbocycles. The van der Waals surface area contributed by atoms with E-state index in [1.165, 1.54) is 25.1 Å². The van der Waals surface area contributed by atoms with Crippen LogP contribution in [0.15, 0.2) is 49.4 Å². The number of hydrogen-bond acceptors (Lipinski definition) is 8. The molecule has 244 valence electrons. The molecule has 14 heteroatoms. The Morgan fingerprint density at radius 2 is 2.00 bits per heavy atom. The van der Waals surface area contributed by atoms with Gasteiger partial charge in [0.25, 0.3) is 0 Å². The Labute approximate surface area is 264 Å². The van der Waals surface area contributed by atoms with Crippen molar-refractivity contribution in [3.63, 3.8) is 0 Å². The molecular weight excluding hydrogens is 601 g/mol. The third-order valence-electron chi connectivity index (χ3n) is 9.29. The molecule has 0 spiro atoms. The van der Waals surface area contributed by atoms with E-state index in [-0.39, 0.29) is 47.1 Å². The van der Waals surface area contributed by atoms with Crippen LogP contribution >= 0.6 is 0 Å². The summed E-state index contributed by atoms with van der Waals surface area (Å²) in [5, 5.41) is 20.0. The van der Waals surface area contributed by atoms with Crippen molar-refractivity contribution < 1.29 is 27.8 Å². The fraction of sp³-hybridized carbons (Fsp3) is 0.469. The molecule has 3 aromatic heterocycles. The minimum absolute atomic E-state index is 0.0192. The molecule has 1 amide bonds. The van der Waals surface area contributed by atoms with Crippen LogP contribution in [0.5, 0.6) is 5.75 Å². The molecule has 2 fully saturated rings. The highest BCUT2D eigenvalue weighted by atomic mass is 19.3. The first kappa shape index (κ1) is 31.7. The molecular formula is C32H37F3N8O3. The van der Waals surface area contributed by atoms with E-state index in [1.54, 1.807) is 12.1 Å². The molecule has 6 rings (SSSR count). The summed E-state index contributed by atoms with van der Waals surface area (Å²) in [4.78, 5) is 24.4. The van der Waals surface area contributed by atoms with Gasteiger partial charge in [-0.05, 0) is 64.0 Å². The number of piperidine rings is 1. The number of pyridine rings is 1. The predicted octanol–water partition coefficient (Wildman–Crippen LogP) is 4.49. The number of halogens is 3. The van der Waals surface area contributed by atoms with Crippen molar-refractivity contribution >= 4 is 16.9 Å². The Hall–Kier alpha value is -4.30. The molecule has 0 radical (unpaired) electrons. The quantitative estimate of drug-likeness (QED) is 0.253. The van der Waals surface area contributed by atoms with Gasteiger partial charge in [-0.3, -0.25) is 14.3 Å². The van der Waals surface area contributed by atoms with Gasteiger partial charge in [0.1, 0.15) is 41.3 Å². The zero-order chi connectivity index (χ0) is 32.7. The van der Waals surface area contributed by atoms with Crippen molar-refractivity contribution in [2.75, 3.05) is 32.8 Å². The van der Waals surface area contributed by atoms with Gasteiger partial charge in [-0.2, -0.15) is 8.78 Å². The highest BCUT2D eigenvalue weighted by Crippen LogP contribution is 2.37. The van der Waals surface area contributed by atoms with Crippen LogP contribution in [0.2, 0.25) is 0 Å². The normalized spacial score (nSPS) is 20.6. The standard InChI is InChI=1S/C32H37F3N8O3/c1-5-28(44)41-16-22(19(41)2)15-40-10-8-24(9-11-40)43-20(3)29(38-39-43)21-12-25-30(42(18-37-25)31(34)35)26(13-21)46-17-32(4,45)27-7-6-23(33)14-36-27/h5-7,12-14,18-19,22,24,31,45H,1,8-11,15-17H2,2-4H3. The van der Waals surface area contributed by atoms with E-state index in [0.717, 1.165) is 57.2 Å². The first-order valence-electron chi connectivity index (χ1n) is 15.3. The summed E-state index contributed by atoms with van der Waals surface area (Å²) in [7, 11) is 0. The first-order valence-corrected chi connectivity index (χ1v) is 15.3. The summed E-state index contributed by atoms with van der Waals surface area (Å²) in [6, 6.07) is 6.13. The molecule has 0 bridgehead atoms. The van der Waals surface area contributed by atoms with E-state index in [9.17, 15) is 23.1 Å². The lowest BCUT2D eigenvalue weighted by Gasteiger charge is -2.48. The number of fused-ring (bicyclic) bond motifs is 1. The highest BCUT2D eigenvalue weighted by molar-refractivity contribution is 5.88. The van der Waals surface area contributed by atoms with Crippen molar-refractivity contribution in [3.8, 4) is 17.0 Å². The van der Waals surface area contributed by atoms with Crippen LogP contribution in [0, 0.1) is 18.7 Å². The van der Waals surface area contributed by atoms with Crippen molar-refractivity contribution in [1.82, 2.24) is 39.3 Å². The van der Waals surface area contributed by atoms with Gasteiger partial charge in [0.05, 0.1) is 29.1 Å². The molecule has 0 aliphatic carbocycles. The van der Waals surface area contributed by atoms with Gasteiger partial charge >= 0.3 is 6.55 Å². The number of hydrogen-bond donors (Lipinski definition) is 1. The number of imidazole rings is 1. The molecule has 3 atom stereocenters. The topological polar surface area (TPSA) is 114 Å². The minimum atomic E-state index is -2.87. The maximum atomic E-state index is 13.9. The van der Waals surface area contributed by atoms with Gasteiger partial charge in [-0.15, -0.1) is 5.10 Å². The smallest absolute Gasteiger partial charge is 0.320 e. The van der Waals surface area contributed by atoms with Crippen LogP contribution in [-0.4, -0.2) is 89.2 Å². The largest absolute Gasteiger partial charge is 0.488 e. The van der Waals surface area contributed by atoms with E-state index in [1.807, 2.05) is 16.5 Å². The Morgan fingerprint density at radius 1 is 1.24 bits per heavy atom. The van der Waals surface area contributed by atoms with Crippen molar-refractivity contribution in [1.29, 1.82) is 0 Å². The SMILES string of the molecule is C=CC(=O)N1CC(CN2CCC(n3nnc(-c4cc(OCC(C)(O)c5ccc(F)cn5)c5c(c4)ncn5C(F)F)c3C)CC2)C1C. The summed E-state index contributed by atoms with van der Waals surface area (Å²) in [6.45, 7) is 9.32. The average molecular weight is 639 g/mol. The molecule has 4 aromatic rings. The summed E-state index contributed by atoms with van der Waals surface area (Å²) in [5.41, 5.74) is 0.846. The zero-order valence-corrected chi connectivity index (χ0v) is 26.0. The van der Waals surface area contributed by atoms with E-state index < -0.39 is 18.0 Å². The fourth-order valence-electron chi connectivity index (χ4n) is 6.45. The Kier molecular flexibility index (Phi) is 8.59. The van der Waals surface area contributed by atoms with Crippen LogP contribution in [0.25, 0.3) is 22.3 Å². The number of aliphatic hydroxyl groups is 1. The summed E-state index contributed by atoms with van der Waals surface area (Å²) in [5.74, 6) is -0.0544. The second kappa shape index (κ2) is 12.5. The number of nitrogens with zero attached hydrogens (tertiary/aromatic N) is 8. The van der Waals surface area contributed by atoms with Gasteiger partial charge in [0.2, 0.25) is 5.91 Å². The third-order valence-corrected chi connectivity index (χ3v) is 9.29. The molecule has 2 saturated heterocycles. The molecule has 5 heterocycles. The number of rotatable bonds is 10. The number of carbonyl (C=O) groups excluding carboxylic acids is 1. The van der Waals surface area contributed by atoms with E-state index >= 15 is 0 Å². The molecule has 11 nitrogen and oxygen atoms in total. The van der Waals surface area contributed by atoms with Crippen molar-refractivity contribution in [2.45, 2.75) is 57.8 Å². The number of aromatic nitrogens is 6. The van der Waals surface area contributed by atoms with Crippen LogP contribution in [0.3, 0.4) is 0 Å². The summed E-state index contributed by atoms with van der Waals surface area (Å²) < 4.78 is 49.8. The second-order valence-electron chi connectivity index (χ2n) is 12.4. The fourth-order valence-corrected chi connectivity index (χ4v) is 6.45. The zero-order valence-electron chi connectivity index (χ0n) is 26.0. The lowest BCUT2D eigenvalue weighted by Crippen LogP contribution is -2.60. The van der Waals surface area contributed by atoms with Gasteiger partial charge in [-0.1, -0.05) is 11.8 Å². The Morgan fingerprint density at radius 3 is 2.65 bits per heavy atom. The number of benzene rings is 1. The Balaban J connectivity index is 1.19. The summed E-state index contributed by atoms with van der Waals surface area (Å²) in [6.07, 6.45) is 5.17. The van der Waals surface area contributed by atoms with E-state index in [0.29, 0.717) is 21.7 Å². The van der Waals surface area contributed by atoms with Crippen LogP contribution < -0.4 is 4.74 Å². The first-order chi connectivity index (χ1) is 22.0. The van der Waals surface area contributed by atoms with Crippen molar-refractivity contribution in [3.05, 3.63) is 66.6 Å². The lowest BCUT2D eigenvalue weighted by atomic mass is 9.88. The number of ether oxygens (including phenoxy) is 1. The van der Waals surface area contributed by atoms with Gasteiger partial charge in [0.15, 0.2) is 0 Å².